The number of nitrogens with two attached hydrogens (primary N) is 1. The predicted molar refractivity (Wildman–Crippen MR) is 57.9 cm³/mol. The van der Waals surface area contributed by atoms with Gasteiger partial charge in [-0.05, 0) is 11.3 Å². The maximum atomic E-state index is 11.1. The molecule has 0 aliphatic rings. The SMILES string of the molecule is C[Si](C)(C)c1ccccc1C(N)=O. The highest BCUT2D eigenvalue weighted by Crippen LogP contribution is 2.06. The molecule has 1 aromatic carbocycles. The van der Waals surface area contributed by atoms with E-state index in [1.807, 2.05) is 18.2 Å². The van der Waals surface area contributed by atoms with E-state index in [9.17, 15) is 4.79 Å². The summed E-state index contributed by atoms with van der Waals surface area (Å²) in [7, 11) is -1.44. The van der Waals surface area contributed by atoms with Gasteiger partial charge in [0.25, 0.3) is 0 Å². The molecule has 0 heterocycles. The Morgan fingerprint density at radius 1 is 1.23 bits per heavy atom. The Kier molecular flexibility index (Phi) is 2.57. The molecule has 70 valence electrons. The molecule has 0 unspecified atom stereocenters. The van der Waals surface area contributed by atoms with Crippen LogP contribution < -0.4 is 10.9 Å². The number of carbonyl (C=O) groups is 1. The first-order valence-electron chi connectivity index (χ1n) is 4.32. The maximum absolute atomic E-state index is 11.1. The average molecular weight is 193 g/mol. The Balaban J connectivity index is 3.28. The van der Waals surface area contributed by atoms with Crippen molar-refractivity contribution >= 4 is 19.2 Å². The van der Waals surface area contributed by atoms with Crippen molar-refractivity contribution in [1.82, 2.24) is 0 Å². The first kappa shape index (κ1) is 9.99. The van der Waals surface area contributed by atoms with Crippen molar-refractivity contribution in [2.45, 2.75) is 19.6 Å². The lowest BCUT2D eigenvalue weighted by Gasteiger charge is -2.19. The minimum Gasteiger partial charge on any atom is -0.366 e. The molecule has 0 spiro atoms. The monoisotopic (exact) mass is 193 g/mol. The minimum atomic E-state index is -1.44. The van der Waals surface area contributed by atoms with Crippen LogP contribution in [0.15, 0.2) is 24.3 Å². The van der Waals surface area contributed by atoms with Crippen LogP contribution in [0.4, 0.5) is 0 Å². The van der Waals surface area contributed by atoms with Crippen LogP contribution in [0.25, 0.3) is 0 Å². The molecule has 3 heteroatoms. The van der Waals surface area contributed by atoms with Crippen LogP contribution in [-0.4, -0.2) is 14.0 Å². The molecule has 1 aromatic rings. The Morgan fingerprint density at radius 2 is 1.77 bits per heavy atom. The summed E-state index contributed by atoms with van der Waals surface area (Å²) < 4.78 is 0. The van der Waals surface area contributed by atoms with E-state index < -0.39 is 8.07 Å². The van der Waals surface area contributed by atoms with Crippen LogP contribution in [0.1, 0.15) is 10.4 Å². The summed E-state index contributed by atoms with van der Waals surface area (Å²) >= 11 is 0. The van der Waals surface area contributed by atoms with Crippen molar-refractivity contribution in [3.05, 3.63) is 29.8 Å². The van der Waals surface area contributed by atoms with Crippen molar-refractivity contribution in [1.29, 1.82) is 0 Å². The number of rotatable bonds is 2. The van der Waals surface area contributed by atoms with E-state index in [2.05, 4.69) is 19.6 Å². The highest BCUT2D eigenvalue weighted by molar-refractivity contribution is 6.89. The van der Waals surface area contributed by atoms with Crippen LogP contribution in [0.3, 0.4) is 0 Å². The molecular weight excluding hydrogens is 178 g/mol. The summed E-state index contributed by atoms with van der Waals surface area (Å²) in [6.07, 6.45) is 0. The zero-order valence-electron chi connectivity index (χ0n) is 8.29. The topological polar surface area (TPSA) is 43.1 Å². The second kappa shape index (κ2) is 3.34. The number of primary amides is 1. The van der Waals surface area contributed by atoms with E-state index in [-0.39, 0.29) is 5.91 Å². The summed E-state index contributed by atoms with van der Waals surface area (Å²) in [5, 5.41) is 1.14. The van der Waals surface area contributed by atoms with E-state index in [1.54, 1.807) is 6.07 Å². The number of hydrogen-bond acceptors (Lipinski definition) is 1. The molecule has 0 aromatic heterocycles. The molecule has 2 N–H and O–H groups in total. The molecule has 2 nitrogen and oxygen atoms in total. The summed E-state index contributed by atoms with van der Waals surface area (Å²) in [5.74, 6) is -0.321. The molecule has 0 radical (unpaired) electrons. The van der Waals surface area contributed by atoms with Crippen molar-refractivity contribution in [2.24, 2.45) is 5.73 Å². The van der Waals surface area contributed by atoms with Gasteiger partial charge < -0.3 is 5.73 Å². The largest absolute Gasteiger partial charge is 0.366 e. The maximum Gasteiger partial charge on any atom is 0.248 e. The molecule has 1 rings (SSSR count). The number of carbonyl (C=O) groups excluding carboxylic acids is 1. The van der Waals surface area contributed by atoms with Crippen LogP contribution in [-0.2, 0) is 0 Å². The van der Waals surface area contributed by atoms with Crippen molar-refractivity contribution in [2.75, 3.05) is 0 Å². The normalized spacial score (nSPS) is 11.3. The molecule has 13 heavy (non-hydrogen) atoms. The third-order valence-corrected chi connectivity index (χ3v) is 4.05. The van der Waals surface area contributed by atoms with E-state index in [0.29, 0.717) is 5.56 Å². The fourth-order valence-electron chi connectivity index (χ4n) is 1.35. The fraction of sp³-hybridized carbons (Fsp3) is 0.300. The summed E-state index contributed by atoms with van der Waals surface area (Å²) in [4.78, 5) is 11.1. The Bertz CT molecular complexity index is 328. The van der Waals surface area contributed by atoms with Gasteiger partial charge in [-0.3, -0.25) is 4.79 Å². The lowest BCUT2D eigenvalue weighted by molar-refractivity contribution is 0.100. The van der Waals surface area contributed by atoms with Gasteiger partial charge in [0.1, 0.15) is 0 Å². The van der Waals surface area contributed by atoms with Gasteiger partial charge in [0.15, 0.2) is 0 Å². The summed E-state index contributed by atoms with van der Waals surface area (Å²) in [5.41, 5.74) is 5.98. The second-order valence-corrected chi connectivity index (χ2v) is 9.20. The smallest absolute Gasteiger partial charge is 0.248 e. The van der Waals surface area contributed by atoms with Crippen molar-refractivity contribution in [3.8, 4) is 0 Å². The van der Waals surface area contributed by atoms with Crippen LogP contribution in [0, 0.1) is 0 Å². The molecule has 0 saturated heterocycles. The number of hydrogen-bond donors (Lipinski definition) is 1. The summed E-state index contributed by atoms with van der Waals surface area (Å²) in [6.45, 7) is 6.61. The zero-order chi connectivity index (χ0) is 10.1. The van der Waals surface area contributed by atoms with Crippen molar-refractivity contribution < 1.29 is 4.79 Å². The predicted octanol–water partition coefficient (Wildman–Crippen LogP) is 1.33. The molecule has 0 aliphatic carbocycles. The van der Waals surface area contributed by atoms with Gasteiger partial charge in [-0.2, -0.15) is 0 Å². The van der Waals surface area contributed by atoms with E-state index >= 15 is 0 Å². The van der Waals surface area contributed by atoms with Crippen molar-refractivity contribution in [3.63, 3.8) is 0 Å². The standard InChI is InChI=1S/C10H15NOSi/c1-13(2,3)9-7-5-4-6-8(9)10(11)12/h4-7H,1-3H3,(H2,11,12). The first-order valence-corrected chi connectivity index (χ1v) is 7.82. The molecule has 1 amide bonds. The molecule has 0 fully saturated rings. The van der Waals surface area contributed by atoms with Crippen LogP contribution >= 0.6 is 0 Å². The van der Waals surface area contributed by atoms with Gasteiger partial charge in [0, 0.05) is 5.56 Å². The first-order chi connectivity index (χ1) is 5.93. The Labute approximate surface area is 79.8 Å². The van der Waals surface area contributed by atoms with Gasteiger partial charge in [-0.1, -0.05) is 37.8 Å². The third-order valence-electron chi connectivity index (χ3n) is 2.00. The van der Waals surface area contributed by atoms with E-state index in [4.69, 9.17) is 5.73 Å². The minimum absolute atomic E-state index is 0.321. The van der Waals surface area contributed by atoms with Gasteiger partial charge in [-0.25, -0.2) is 0 Å². The second-order valence-electron chi connectivity index (χ2n) is 4.16. The third kappa shape index (κ3) is 2.18. The van der Waals surface area contributed by atoms with Gasteiger partial charge in [0.2, 0.25) is 5.91 Å². The van der Waals surface area contributed by atoms with Gasteiger partial charge >= 0.3 is 0 Å². The fourth-order valence-corrected chi connectivity index (χ4v) is 2.96. The van der Waals surface area contributed by atoms with Gasteiger partial charge in [-0.15, -0.1) is 0 Å². The van der Waals surface area contributed by atoms with Gasteiger partial charge in [0.05, 0.1) is 8.07 Å². The lowest BCUT2D eigenvalue weighted by atomic mass is 10.2. The summed E-state index contributed by atoms with van der Waals surface area (Å²) in [6, 6.07) is 7.62. The molecule has 0 aliphatic heterocycles. The van der Waals surface area contributed by atoms with E-state index in [1.165, 1.54) is 0 Å². The quantitative estimate of drug-likeness (QED) is 0.707. The zero-order valence-corrected chi connectivity index (χ0v) is 9.29. The molecule has 0 bridgehead atoms. The Hall–Kier alpha value is -1.09. The molecular formula is C10H15NOSi. The molecule has 0 saturated carbocycles. The van der Waals surface area contributed by atoms with Crippen LogP contribution in [0.5, 0.6) is 0 Å². The highest BCUT2D eigenvalue weighted by atomic mass is 28.3. The lowest BCUT2D eigenvalue weighted by Crippen LogP contribution is -2.42. The Morgan fingerprint density at radius 3 is 2.15 bits per heavy atom. The van der Waals surface area contributed by atoms with Crippen LogP contribution in [0.2, 0.25) is 19.6 Å². The number of amides is 1. The average Bonchev–Trinajstić information content (AvgIpc) is 2.03. The highest BCUT2D eigenvalue weighted by Gasteiger charge is 2.21. The number of benzene rings is 1. The molecule has 0 atom stereocenters. The van der Waals surface area contributed by atoms with E-state index in [0.717, 1.165) is 5.19 Å².